The van der Waals surface area contributed by atoms with E-state index < -0.39 is 0 Å². The largest absolute Gasteiger partial charge is 0.394 e. The molecule has 0 amide bonds. The lowest BCUT2D eigenvalue weighted by Gasteiger charge is -2.40. The molecule has 2 nitrogen and oxygen atoms in total. The molecule has 20 heavy (non-hydrogen) atoms. The molecule has 0 saturated heterocycles. The molecule has 1 aromatic carbocycles. The van der Waals surface area contributed by atoms with E-state index in [2.05, 4.69) is 45.5 Å². The number of aliphatic hydroxyl groups is 1. The predicted molar refractivity (Wildman–Crippen MR) is 88.2 cm³/mol. The minimum absolute atomic E-state index is 0.0214. The van der Waals surface area contributed by atoms with Crippen LogP contribution in [0.1, 0.15) is 38.5 Å². The fourth-order valence-corrected chi connectivity index (χ4v) is 4.72. The van der Waals surface area contributed by atoms with Crippen LogP contribution in [-0.2, 0) is 0 Å². The van der Waals surface area contributed by atoms with Crippen molar-refractivity contribution >= 4 is 27.7 Å². The lowest BCUT2D eigenvalue weighted by Crippen LogP contribution is -2.53. The Labute approximate surface area is 133 Å². The number of rotatable bonds is 5. The van der Waals surface area contributed by atoms with Crippen molar-refractivity contribution in [2.45, 2.75) is 60.3 Å². The number of nitrogens with one attached hydrogen (secondary N) is 1. The van der Waals surface area contributed by atoms with Crippen LogP contribution in [0.3, 0.4) is 0 Å². The Bertz CT molecular complexity index is 448. The predicted octanol–water partition coefficient (Wildman–Crippen LogP) is 3.97. The summed E-state index contributed by atoms with van der Waals surface area (Å²) in [5, 5.41) is 14.2. The fourth-order valence-electron chi connectivity index (χ4n) is 3.10. The van der Waals surface area contributed by atoms with Crippen LogP contribution in [0.5, 0.6) is 0 Å². The summed E-state index contributed by atoms with van der Waals surface area (Å²) in [4.78, 5) is 1.33. The van der Waals surface area contributed by atoms with Crippen LogP contribution in [0.2, 0.25) is 0 Å². The molecule has 2 saturated carbocycles. The van der Waals surface area contributed by atoms with Crippen LogP contribution >= 0.6 is 27.7 Å². The second-order valence-electron chi connectivity index (χ2n) is 6.15. The Balaban J connectivity index is 1.63. The van der Waals surface area contributed by atoms with Crippen molar-refractivity contribution in [3.8, 4) is 0 Å². The molecule has 0 bridgehead atoms. The van der Waals surface area contributed by atoms with E-state index in [4.69, 9.17) is 0 Å². The molecule has 2 aliphatic rings. The van der Waals surface area contributed by atoms with Crippen LogP contribution in [0, 0.1) is 0 Å². The van der Waals surface area contributed by atoms with Gasteiger partial charge in [0.15, 0.2) is 0 Å². The second-order valence-corrected chi connectivity index (χ2v) is 8.44. The smallest absolute Gasteiger partial charge is 0.0613 e. The van der Waals surface area contributed by atoms with Gasteiger partial charge < -0.3 is 10.4 Å². The molecule has 1 aromatic rings. The van der Waals surface area contributed by atoms with Crippen LogP contribution in [0.25, 0.3) is 0 Å². The number of benzene rings is 1. The van der Waals surface area contributed by atoms with E-state index in [1.807, 2.05) is 11.8 Å². The Kier molecular flexibility index (Phi) is 4.75. The molecular formula is C16H22BrNOS. The van der Waals surface area contributed by atoms with Gasteiger partial charge in [0.05, 0.1) is 6.61 Å². The summed E-state index contributed by atoms with van der Waals surface area (Å²) in [6.45, 7) is 0.279. The lowest BCUT2D eigenvalue weighted by molar-refractivity contribution is 0.122. The third-order valence-electron chi connectivity index (χ3n) is 4.31. The SMILES string of the molecule is OCC1(NC2CC2)CCCC(Sc2ccc(Br)cc2)C1. The molecule has 2 unspecified atom stereocenters. The maximum atomic E-state index is 9.86. The molecule has 2 fully saturated rings. The molecule has 0 aliphatic heterocycles. The van der Waals surface area contributed by atoms with Crippen molar-refractivity contribution in [3.05, 3.63) is 28.7 Å². The first-order valence-corrected chi connectivity index (χ1v) is 9.17. The van der Waals surface area contributed by atoms with Gasteiger partial charge in [0, 0.05) is 26.2 Å². The number of halogens is 1. The first kappa shape index (κ1) is 14.9. The zero-order chi connectivity index (χ0) is 14.0. The van der Waals surface area contributed by atoms with Crippen LogP contribution in [0.15, 0.2) is 33.6 Å². The molecule has 0 spiro atoms. The van der Waals surface area contributed by atoms with Gasteiger partial charge >= 0.3 is 0 Å². The molecule has 110 valence electrons. The van der Waals surface area contributed by atoms with E-state index in [9.17, 15) is 5.11 Å². The van der Waals surface area contributed by atoms with Crippen LogP contribution in [-0.4, -0.2) is 28.5 Å². The van der Waals surface area contributed by atoms with Gasteiger partial charge in [-0.2, -0.15) is 0 Å². The topological polar surface area (TPSA) is 32.3 Å². The van der Waals surface area contributed by atoms with Crippen molar-refractivity contribution in [2.75, 3.05) is 6.61 Å². The molecule has 2 N–H and O–H groups in total. The minimum atomic E-state index is -0.0214. The van der Waals surface area contributed by atoms with Gasteiger partial charge in [0.2, 0.25) is 0 Å². The Morgan fingerprint density at radius 1 is 1.25 bits per heavy atom. The first-order valence-electron chi connectivity index (χ1n) is 7.50. The standard InChI is InChI=1S/C16H22BrNOS/c17-12-3-7-14(8-4-12)20-15-2-1-9-16(10-15,11-19)18-13-5-6-13/h3-4,7-8,13,15,18-19H,1-2,5-6,9-11H2. The normalized spacial score (nSPS) is 30.4. The number of hydrogen-bond donors (Lipinski definition) is 2. The summed E-state index contributed by atoms with van der Waals surface area (Å²) in [5.74, 6) is 0. The van der Waals surface area contributed by atoms with Crippen molar-refractivity contribution in [1.82, 2.24) is 5.32 Å². The van der Waals surface area contributed by atoms with Crippen LogP contribution < -0.4 is 5.32 Å². The summed E-state index contributed by atoms with van der Waals surface area (Å²) < 4.78 is 1.13. The van der Waals surface area contributed by atoms with E-state index in [1.165, 1.54) is 30.6 Å². The molecular weight excluding hydrogens is 334 g/mol. The number of hydrogen-bond acceptors (Lipinski definition) is 3. The maximum absolute atomic E-state index is 9.86. The first-order chi connectivity index (χ1) is 9.69. The molecule has 4 heteroatoms. The highest BCUT2D eigenvalue weighted by molar-refractivity contribution is 9.10. The quantitative estimate of drug-likeness (QED) is 0.837. The van der Waals surface area contributed by atoms with Gasteiger partial charge in [0.25, 0.3) is 0 Å². The fraction of sp³-hybridized carbons (Fsp3) is 0.625. The third-order valence-corrected chi connectivity index (χ3v) is 6.12. The highest BCUT2D eigenvalue weighted by Gasteiger charge is 2.39. The summed E-state index contributed by atoms with van der Waals surface area (Å²) in [7, 11) is 0. The average Bonchev–Trinajstić information content (AvgIpc) is 3.26. The Morgan fingerprint density at radius 3 is 2.65 bits per heavy atom. The molecule has 2 atom stereocenters. The second kappa shape index (κ2) is 6.39. The number of thioether (sulfide) groups is 1. The summed E-state index contributed by atoms with van der Waals surface area (Å²) in [5.41, 5.74) is -0.0214. The van der Waals surface area contributed by atoms with E-state index >= 15 is 0 Å². The van der Waals surface area contributed by atoms with Crippen LogP contribution in [0.4, 0.5) is 0 Å². The third kappa shape index (κ3) is 3.79. The Morgan fingerprint density at radius 2 is 2.00 bits per heavy atom. The van der Waals surface area contributed by atoms with E-state index in [0.29, 0.717) is 11.3 Å². The zero-order valence-corrected chi connectivity index (χ0v) is 14.0. The van der Waals surface area contributed by atoms with Crippen molar-refractivity contribution < 1.29 is 5.11 Å². The highest BCUT2D eigenvalue weighted by atomic mass is 79.9. The average molecular weight is 356 g/mol. The number of aliphatic hydroxyl groups excluding tert-OH is 1. The van der Waals surface area contributed by atoms with E-state index in [0.717, 1.165) is 17.3 Å². The monoisotopic (exact) mass is 355 g/mol. The molecule has 3 rings (SSSR count). The Hall–Kier alpha value is -0.0300. The highest BCUT2D eigenvalue weighted by Crippen LogP contribution is 2.40. The van der Waals surface area contributed by atoms with Gasteiger partial charge in [-0.25, -0.2) is 0 Å². The van der Waals surface area contributed by atoms with Gasteiger partial charge in [0.1, 0.15) is 0 Å². The van der Waals surface area contributed by atoms with Gasteiger partial charge in [-0.15, -0.1) is 11.8 Å². The van der Waals surface area contributed by atoms with Crippen molar-refractivity contribution in [3.63, 3.8) is 0 Å². The zero-order valence-electron chi connectivity index (χ0n) is 11.6. The van der Waals surface area contributed by atoms with E-state index in [1.54, 1.807) is 0 Å². The van der Waals surface area contributed by atoms with Gasteiger partial charge in [-0.3, -0.25) is 0 Å². The van der Waals surface area contributed by atoms with Gasteiger partial charge in [-0.1, -0.05) is 22.4 Å². The van der Waals surface area contributed by atoms with Crippen molar-refractivity contribution in [1.29, 1.82) is 0 Å². The summed E-state index contributed by atoms with van der Waals surface area (Å²) >= 11 is 5.45. The molecule has 0 aromatic heterocycles. The minimum Gasteiger partial charge on any atom is -0.394 e. The summed E-state index contributed by atoms with van der Waals surface area (Å²) in [6.07, 6.45) is 7.25. The lowest BCUT2D eigenvalue weighted by atomic mass is 9.82. The molecule has 0 radical (unpaired) electrons. The van der Waals surface area contributed by atoms with Gasteiger partial charge in [-0.05, 0) is 56.4 Å². The van der Waals surface area contributed by atoms with Crippen molar-refractivity contribution in [2.24, 2.45) is 0 Å². The van der Waals surface area contributed by atoms with E-state index in [-0.39, 0.29) is 12.1 Å². The molecule has 2 aliphatic carbocycles. The maximum Gasteiger partial charge on any atom is 0.0613 e. The summed E-state index contributed by atoms with van der Waals surface area (Å²) in [6, 6.07) is 9.23. The molecule has 0 heterocycles.